The van der Waals surface area contributed by atoms with Crippen LogP contribution in [0.15, 0.2) is 18.2 Å². The number of rotatable bonds is 7. The number of methoxy groups -OCH3 is 1. The van der Waals surface area contributed by atoms with E-state index >= 15 is 0 Å². The molecule has 1 atom stereocenters. The molecule has 0 heterocycles. The second-order valence-electron chi connectivity index (χ2n) is 8.19. The van der Waals surface area contributed by atoms with E-state index < -0.39 is 18.0 Å². The highest BCUT2D eigenvalue weighted by molar-refractivity contribution is 5.80. The maximum atomic E-state index is 13.4. The first-order valence-electron chi connectivity index (χ1n) is 10.3. The van der Waals surface area contributed by atoms with Crippen molar-refractivity contribution < 1.29 is 31.8 Å². The van der Waals surface area contributed by atoms with Gasteiger partial charge in [0.15, 0.2) is 11.5 Å². The molecule has 2 aliphatic rings. The second kappa shape index (κ2) is 9.41. The summed E-state index contributed by atoms with van der Waals surface area (Å²) in [6.07, 6.45) is -0.856. The number of hydrogen-bond acceptors (Lipinski definition) is 4. The predicted molar refractivity (Wildman–Crippen MR) is 103 cm³/mol. The van der Waals surface area contributed by atoms with Gasteiger partial charge in [-0.25, -0.2) is 4.39 Å². The van der Waals surface area contributed by atoms with Crippen LogP contribution < -0.4 is 20.1 Å². The Labute approximate surface area is 173 Å². The molecule has 0 bridgehead atoms. The fourth-order valence-electron chi connectivity index (χ4n) is 3.97. The molecule has 3 rings (SSSR count). The summed E-state index contributed by atoms with van der Waals surface area (Å²) in [5, 5.41) is 5.64. The first kappa shape index (κ1) is 22.7. The van der Waals surface area contributed by atoms with Crippen LogP contribution in [-0.2, 0) is 4.79 Å². The van der Waals surface area contributed by atoms with Crippen molar-refractivity contribution in [2.24, 2.45) is 5.92 Å². The van der Waals surface area contributed by atoms with Crippen LogP contribution in [0, 0.1) is 11.7 Å². The van der Waals surface area contributed by atoms with Gasteiger partial charge in [0, 0.05) is 24.1 Å². The molecular formula is C21H28F4N2O3. The van der Waals surface area contributed by atoms with Crippen molar-refractivity contribution in [1.29, 1.82) is 0 Å². The lowest BCUT2D eigenvalue weighted by atomic mass is 9.81. The molecule has 2 N–H and O–H groups in total. The number of halogens is 4. The number of amides is 1. The van der Waals surface area contributed by atoms with E-state index in [-0.39, 0.29) is 30.0 Å². The fourth-order valence-corrected chi connectivity index (χ4v) is 3.97. The van der Waals surface area contributed by atoms with E-state index in [1.54, 1.807) is 0 Å². The van der Waals surface area contributed by atoms with E-state index in [4.69, 9.17) is 9.47 Å². The maximum absolute atomic E-state index is 13.4. The number of carbonyl (C=O) groups is 1. The van der Waals surface area contributed by atoms with Gasteiger partial charge in [-0.2, -0.15) is 13.2 Å². The van der Waals surface area contributed by atoms with Gasteiger partial charge < -0.3 is 20.1 Å². The van der Waals surface area contributed by atoms with Crippen LogP contribution >= 0.6 is 0 Å². The van der Waals surface area contributed by atoms with Crippen molar-refractivity contribution in [3.8, 4) is 11.5 Å². The van der Waals surface area contributed by atoms with Gasteiger partial charge >= 0.3 is 6.18 Å². The Kier molecular flexibility index (Phi) is 7.10. The van der Waals surface area contributed by atoms with Crippen molar-refractivity contribution in [1.82, 2.24) is 10.6 Å². The van der Waals surface area contributed by atoms with Gasteiger partial charge in [0.25, 0.3) is 0 Å². The topological polar surface area (TPSA) is 59.6 Å². The molecule has 0 aromatic heterocycles. The van der Waals surface area contributed by atoms with Gasteiger partial charge in [0.1, 0.15) is 18.0 Å². The van der Waals surface area contributed by atoms with Crippen molar-refractivity contribution in [3.63, 3.8) is 0 Å². The van der Waals surface area contributed by atoms with Crippen LogP contribution in [0.2, 0.25) is 0 Å². The highest BCUT2D eigenvalue weighted by atomic mass is 19.4. The first-order valence-corrected chi connectivity index (χ1v) is 10.3. The summed E-state index contributed by atoms with van der Waals surface area (Å²) in [4.78, 5) is 12.4. The Morgan fingerprint density at radius 2 is 1.73 bits per heavy atom. The molecule has 1 unspecified atom stereocenters. The third-order valence-electron chi connectivity index (χ3n) is 5.94. The molecule has 5 nitrogen and oxygen atoms in total. The average molecular weight is 432 g/mol. The number of carbonyl (C=O) groups excluding carboxylic acids is 1. The summed E-state index contributed by atoms with van der Waals surface area (Å²) in [5.41, 5.74) is 0. The minimum absolute atomic E-state index is 0.0139. The smallest absolute Gasteiger partial charge is 0.403 e. The van der Waals surface area contributed by atoms with Crippen LogP contribution in [0.1, 0.15) is 45.4 Å². The minimum atomic E-state index is -4.25. The third-order valence-corrected chi connectivity index (χ3v) is 5.94. The number of hydrogen-bond donors (Lipinski definition) is 2. The number of nitrogens with one attached hydrogen (secondary N) is 2. The molecule has 1 aromatic rings. The molecule has 0 saturated heterocycles. The number of alkyl halides is 3. The molecular weight excluding hydrogens is 404 g/mol. The van der Waals surface area contributed by atoms with E-state index in [1.807, 2.05) is 0 Å². The minimum Gasteiger partial charge on any atom is -0.493 e. The predicted octanol–water partition coefficient (Wildman–Crippen LogP) is 3.96. The SMILES string of the molecule is COc1ccc(F)cc1OC1CC(C(=O)NC2CCC(NC(C)C(F)(F)F)CC2)C1. The van der Waals surface area contributed by atoms with Crippen molar-refractivity contribution in [3.05, 3.63) is 24.0 Å². The van der Waals surface area contributed by atoms with Crippen molar-refractivity contribution in [2.75, 3.05) is 7.11 Å². The molecule has 168 valence electrons. The van der Waals surface area contributed by atoms with Gasteiger partial charge in [-0.15, -0.1) is 0 Å². The van der Waals surface area contributed by atoms with E-state index in [2.05, 4.69) is 10.6 Å². The molecule has 0 radical (unpaired) electrons. The van der Waals surface area contributed by atoms with Crippen molar-refractivity contribution >= 4 is 5.91 Å². The molecule has 2 saturated carbocycles. The van der Waals surface area contributed by atoms with Gasteiger partial charge in [-0.05, 0) is 57.6 Å². The highest BCUT2D eigenvalue weighted by Gasteiger charge is 2.39. The lowest BCUT2D eigenvalue weighted by Gasteiger charge is -2.37. The van der Waals surface area contributed by atoms with Crippen molar-refractivity contribution in [2.45, 2.75) is 75.9 Å². The summed E-state index contributed by atoms with van der Waals surface area (Å²) < 4.78 is 62.3. The molecule has 0 spiro atoms. The maximum Gasteiger partial charge on any atom is 0.403 e. The van der Waals surface area contributed by atoms with Crippen LogP contribution in [0.5, 0.6) is 11.5 Å². The van der Waals surface area contributed by atoms with E-state index in [1.165, 1.54) is 25.3 Å². The second-order valence-corrected chi connectivity index (χ2v) is 8.19. The highest BCUT2D eigenvalue weighted by Crippen LogP contribution is 2.36. The van der Waals surface area contributed by atoms with Gasteiger partial charge in [0.2, 0.25) is 5.91 Å². The first-order chi connectivity index (χ1) is 14.2. The Balaban J connectivity index is 1.38. The molecule has 30 heavy (non-hydrogen) atoms. The zero-order valence-electron chi connectivity index (χ0n) is 17.1. The normalized spacial score (nSPS) is 27.7. The lowest BCUT2D eigenvalue weighted by molar-refractivity contribution is -0.153. The molecule has 1 amide bonds. The summed E-state index contributed by atoms with van der Waals surface area (Å²) in [6.45, 7) is 1.13. The van der Waals surface area contributed by atoms with Crippen LogP contribution in [-0.4, -0.2) is 43.4 Å². The fraction of sp³-hybridized carbons (Fsp3) is 0.667. The zero-order valence-corrected chi connectivity index (χ0v) is 17.1. The molecule has 1 aromatic carbocycles. The summed E-state index contributed by atoms with van der Waals surface area (Å²) >= 11 is 0. The Hall–Kier alpha value is -2.03. The number of ether oxygens (including phenoxy) is 2. The quantitative estimate of drug-likeness (QED) is 0.641. The standard InChI is InChI=1S/C21H28F4N2O3/c1-12(21(23,24)25)26-15-4-6-16(7-5-15)27-20(28)13-9-17(10-13)30-19-11-14(22)3-8-18(19)29-2/h3,8,11-13,15-17,26H,4-7,9-10H2,1-2H3,(H,27,28). The van der Waals surface area contributed by atoms with Gasteiger partial charge in [-0.3, -0.25) is 4.79 Å². The molecule has 9 heteroatoms. The van der Waals surface area contributed by atoms with Crippen LogP contribution in [0.3, 0.4) is 0 Å². The Morgan fingerprint density at radius 1 is 1.10 bits per heavy atom. The molecule has 2 aliphatic carbocycles. The Bertz CT molecular complexity index is 729. The van der Waals surface area contributed by atoms with E-state index in [9.17, 15) is 22.4 Å². The van der Waals surface area contributed by atoms with Gasteiger partial charge in [0.05, 0.1) is 7.11 Å². The summed E-state index contributed by atoms with van der Waals surface area (Å²) in [6, 6.07) is 2.32. The molecule has 0 aliphatic heterocycles. The summed E-state index contributed by atoms with van der Waals surface area (Å²) in [5.74, 6) is 0.112. The Morgan fingerprint density at radius 3 is 2.33 bits per heavy atom. The molecule has 2 fully saturated rings. The van der Waals surface area contributed by atoms with Crippen LogP contribution in [0.25, 0.3) is 0 Å². The van der Waals surface area contributed by atoms with E-state index in [0.29, 0.717) is 50.0 Å². The average Bonchev–Trinajstić information content (AvgIpc) is 2.65. The van der Waals surface area contributed by atoms with E-state index in [0.717, 1.165) is 6.92 Å². The largest absolute Gasteiger partial charge is 0.493 e. The zero-order chi connectivity index (χ0) is 21.9. The third kappa shape index (κ3) is 5.77. The summed E-state index contributed by atoms with van der Waals surface area (Å²) in [7, 11) is 1.48. The number of benzene rings is 1. The monoisotopic (exact) mass is 432 g/mol. The van der Waals surface area contributed by atoms with Crippen LogP contribution in [0.4, 0.5) is 17.6 Å². The van der Waals surface area contributed by atoms with Gasteiger partial charge in [-0.1, -0.05) is 0 Å². The lowest BCUT2D eigenvalue weighted by Crippen LogP contribution is -2.50.